The Hall–Kier alpha value is -5.12. The second-order valence-corrected chi connectivity index (χ2v) is 14.7. The maximum absolute atomic E-state index is 13.0. The van der Waals surface area contributed by atoms with Crippen molar-refractivity contribution in [2.45, 2.75) is 142 Å². The van der Waals surface area contributed by atoms with Crippen molar-refractivity contribution >= 4 is 33.7 Å². The largest absolute Gasteiger partial charge is 0.427 e. The molecule has 0 aliphatic heterocycles. The van der Waals surface area contributed by atoms with E-state index in [-0.39, 0.29) is 46.0 Å². The molecule has 0 radical (unpaired) electrons. The molecule has 0 saturated carbocycles. The molecule has 3 aromatic carbocycles. The third kappa shape index (κ3) is 13.0. The molecule has 0 fully saturated rings. The van der Waals surface area contributed by atoms with Crippen molar-refractivity contribution in [1.29, 1.82) is 0 Å². The van der Waals surface area contributed by atoms with Gasteiger partial charge in [0.05, 0.1) is 21.8 Å². The minimum atomic E-state index is -0.610. The van der Waals surface area contributed by atoms with Gasteiger partial charge in [0.2, 0.25) is 11.8 Å². The molecule has 10 nitrogen and oxygen atoms in total. The molecule has 5 rings (SSSR count). The number of rotatable bonds is 24. The molecule has 298 valence electrons. The van der Waals surface area contributed by atoms with Gasteiger partial charge in [0.15, 0.2) is 0 Å². The summed E-state index contributed by atoms with van der Waals surface area (Å²) in [5, 5.41) is 0.412. The molecule has 0 saturated heterocycles. The summed E-state index contributed by atoms with van der Waals surface area (Å²) >= 11 is 0. The molecule has 0 amide bonds. The van der Waals surface area contributed by atoms with Gasteiger partial charge in [0.1, 0.15) is 11.5 Å². The van der Waals surface area contributed by atoms with Crippen LogP contribution in [0.15, 0.2) is 79.1 Å². The zero-order valence-electron chi connectivity index (χ0n) is 33.1. The summed E-state index contributed by atoms with van der Waals surface area (Å²) in [6, 6.07) is 16.2. The number of hydrogen-bond acceptors (Lipinski definition) is 10. The normalized spacial score (nSPS) is 11.3. The van der Waals surface area contributed by atoms with Crippen LogP contribution in [-0.4, -0.2) is 21.9 Å². The Bertz CT molecular complexity index is 1980. The number of fused-ring (bicyclic) bond motifs is 2. The van der Waals surface area contributed by atoms with Gasteiger partial charge in [-0.1, -0.05) is 117 Å². The van der Waals surface area contributed by atoms with Crippen LogP contribution in [0.4, 0.5) is 0 Å². The number of carbonyl (C=O) groups excluding carboxylic acids is 2. The highest BCUT2D eigenvalue weighted by Gasteiger charge is 2.15. The lowest BCUT2D eigenvalue weighted by Gasteiger charge is -2.07. The van der Waals surface area contributed by atoms with E-state index in [1.807, 2.05) is 0 Å². The summed E-state index contributed by atoms with van der Waals surface area (Å²) in [4.78, 5) is 59.9. The number of esters is 2. The Labute approximate surface area is 329 Å². The number of hydrogen-bond donors (Lipinski definition) is 0. The summed E-state index contributed by atoms with van der Waals surface area (Å²) in [7, 11) is 0. The highest BCUT2D eigenvalue weighted by molar-refractivity contribution is 5.83. The molecule has 0 N–H and O–H groups in total. The summed E-state index contributed by atoms with van der Waals surface area (Å²) in [5.74, 6) is 0.103. The smallest absolute Gasteiger partial charge is 0.347 e. The minimum absolute atomic E-state index is 0.108. The van der Waals surface area contributed by atoms with Crippen LogP contribution >= 0.6 is 0 Å². The predicted octanol–water partition coefficient (Wildman–Crippen LogP) is 11.7. The van der Waals surface area contributed by atoms with Crippen molar-refractivity contribution in [2.24, 2.45) is 0 Å². The molecule has 2 heterocycles. The van der Waals surface area contributed by atoms with E-state index in [0.29, 0.717) is 35.0 Å². The monoisotopic (exact) mass is 764 g/mol. The number of nitrogens with zero attached hydrogens (tertiary/aromatic N) is 2. The molecule has 0 atom stereocenters. The van der Waals surface area contributed by atoms with Crippen molar-refractivity contribution < 1.29 is 27.9 Å². The van der Waals surface area contributed by atoms with Gasteiger partial charge in [0.25, 0.3) is 0 Å². The maximum atomic E-state index is 13.0. The lowest BCUT2D eigenvalue weighted by Crippen LogP contribution is -2.09. The summed E-state index contributed by atoms with van der Waals surface area (Å²) < 4.78 is 22.1. The molecular weight excluding hydrogens is 709 g/mol. The lowest BCUT2D eigenvalue weighted by molar-refractivity contribution is -0.135. The van der Waals surface area contributed by atoms with Gasteiger partial charge in [-0.3, -0.25) is 9.59 Å². The third-order valence-electron chi connectivity index (χ3n) is 10.0. The second kappa shape index (κ2) is 22.4. The standard InChI is InChI=1S/C46H56N2O8/c1-3-5-7-9-11-13-15-17-19-21-41(49)53-35-27-29-39-37(31-35)45(51)55-43(47-39)33-23-25-34(26-24-33)44-48-40-30-28-36(32-38(40)46(52)56-44)54-42(50)22-20-18-16-14-12-10-8-6-4-2/h23-32H,3-22H2,1-2H3. The molecule has 0 aliphatic carbocycles. The van der Waals surface area contributed by atoms with Crippen LogP contribution in [0, 0.1) is 0 Å². The Morgan fingerprint density at radius 2 is 0.821 bits per heavy atom. The molecule has 0 aliphatic rings. The fourth-order valence-electron chi connectivity index (χ4n) is 6.76. The Morgan fingerprint density at radius 1 is 0.482 bits per heavy atom. The van der Waals surface area contributed by atoms with Gasteiger partial charge in [0, 0.05) is 24.0 Å². The topological polar surface area (TPSA) is 139 Å². The first kappa shape index (κ1) is 42.0. The zero-order chi connectivity index (χ0) is 39.5. The average Bonchev–Trinajstić information content (AvgIpc) is 3.20. The number of benzene rings is 3. The lowest BCUT2D eigenvalue weighted by atomic mass is 10.1. The van der Waals surface area contributed by atoms with Gasteiger partial charge in [-0.15, -0.1) is 0 Å². The highest BCUT2D eigenvalue weighted by Crippen LogP contribution is 2.27. The molecule has 56 heavy (non-hydrogen) atoms. The second-order valence-electron chi connectivity index (χ2n) is 14.7. The maximum Gasteiger partial charge on any atom is 0.347 e. The Kier molecular flexibility index (Phi) is 16.8. The first-order valence-electron chi connectivity index (χ1n) is 20.8. The quantitative estimate of drug-likeness (QED) is 0.0339. The van der Waals surface area contributed by atoms with Crippen molar-refractivity contribution in [1.82, 2.24) is 9.97 Å². The van der Waals surface area contributed by atoms with Crippen molar-refractivity contribution in [2.75, 3.05) is 0 Å². The van der Waals surface area contributed by atoms with E-state index >= 15 is 0 Å². The number of ether oxygens (including phenoxy) is 2. The van der Waals surface area contributed by atoms with E-state index in [4.69, 9.17) is 18.3 Å². The van der Waals surface area contributed by atoms with Crippen LogP contribution in [0.3, 0.4) is 0 Å². The van der Waals surface area contributed by atoms with E-state index in [1.54, 1.807) is 48.5 Å². The molecule has 10 heteroatoms. The summed E-state index contributed by atoms with van der Waals surface area (Å²) in [6.07, 6.45) is 21.5. The van der Waals surface area contributed by atoms with Crippen LogP contribution in [-0.2, 0) is 9.59 Å². The van der Waals surface area contributed by atoms with Crippen LogP contribution in [0.1, 0.15) is 142 Å². The summed E-state index contributed by atoms with van der Waals surface area (Å²) in [5.41, 5.74) is 0.635. The van der Waals surface area contributed by atoms with Crippen LogP contribution in [0.25, 0.3) is 44.7 Å². The Balaban J connectivity index is 1.13. The van der Waals surface area contributed by atoms with Crippen molar-refractivity contribution in [3.05, 3.63) is 81.5 Å². The average molecular weight is 765 g/mol. The van der Waals surface area contributed by atoms with Crippen LogP contribution < -0.4 is 20.7 Å². The van der Waals surface area contributed by atoms with Crippen LogP contribution in [0.2, 0.25) is 0 Å². The van der Waals surface area contributed by atoms with E-state index in [2.05, 4.69) is 23.8 Å². The first-order chi connectivity index (χ1) is 27.3. The first-order valence-corrected chi connectivity index (χ1v) is 20.8. The Morgan fingerprint density at radius 3 is 1.18 bits per heavy atom. The summed E-state index contributed by atoms with van der Waals surface area (Å²) in [6.45, 7) is 4.43. The number of carbonyl (C=O) groups is 2. The number of unbranched alkanes of at least 4 members (excludes halogenated alkanes) is 16. The number of aromatic nitrogens is 2. The zero-order valence-corrected chi connectivity index (χ0v) is 33.1. The van der Waals surface area contributed by atoms with E-state index < -0.39 is 11.3 Å². The molecule has 2 aromatic heterocycles. The van der Waals surface area contributed by atoms with E-state index in [0.717, 1.165) is 38.5 Å². The van der Waals surface area contributed by atoms with E-state index in [9.17, 15) is 19.2 Å². The fraction of sp³-hybridized carbons (Fsp3) is 0.478. The predicted molar refractivity (Wildman–Crippen MR) is 220 cm³/mol. The molecule has 0 bridgehead atoms. The fourth-order valence-corrected chi connectivity index (χ4v) is 6.76. The van der Waals surface area contributed by atoms with Crippen molar-refractivity contribution in [3.63, 3.8) is 0 Å². The van der Waals surface area contributed by atoms with E-state index in [1.165, 1.54) is 89.2 Å². The highest BCUT2D eigenvalue weighted by atomic mass is 16.5. The van der Waals surface area contributed by atoms with Gasteiger partial charge >= 0.3 is 23.2 Å². The van der Waals surface area contributed by atoms with Gasteiger partial charge in [-0.25, -0.2) is 19.6 Å². The van der Waals surface area contributed by atoms with Gasteiger partial charge < -0.3 is 18.3 Å². The van der Waals surface area contributed by atoms with Gasteiger partial charge in [-0.2, -0.15) is 0 Å². The molecule has 0 spiro atoms. The molecular formula is C46H56N2O8. The van der Waals surface area contributed by atoms with Gasteiger partial charge in [-0.05, 0) is 73.5 Å². The minimum Gasteiger partial charge on any atom is -0.427 e. The molecule has 0 unspecified atom stereocenters. The van der Waals surface area contributed by atoms with Crippen molar-refractivity contribution in [3.8, 4) is 34.4 Å². The molecule has 5 aromatic rings. The SMILES string of the molecule is CCCCCCCCCCCC(=O)Oc1ccc2nc(-c3ccc(-c4nc5ccc(OC(=O)CCCCCCCCCCC)cc5c(=O)o4)cc3)oc(=O)c2c1. The third-order valence-corrected chi connectivity index (χ3v) is 10.0. The van der Waals surface area contributed by atoms with Crippen LogP contribution in [0.5, 0.6) is 11.5 Å².